The van der Waals surface area contributed by atoms with Crippen LogP contribution in [0.5, 0.6) is 5.75 Å². The average molecular weight is 372 g/mol. The molecule has 3 aromatic rings. The second kappa shape index (κ2) is 7.56. The second-order valence-corrected chi connectivity index (χ2v) is 7.76. The molecule has 0 bridgehead atoms. The van der Waals surface area contributed by atoms with Crippen molar-refractivity contribution in [3.8, 4) is 16.3 Å². The maximum Gasteiger partial charge on any atom is 0.124 e. The maximum atomic E-state index is 5.34. The molecule has 6 heteroatoms. The Balaban J connectivity index is 1.34. The van der Waals surface area contributed by atoms with Gasteiger partial charge in [0, 0.05) is 60.8 Å². The summed E-state index contributed by atoms with van der Waals surface area (Å²) in [6.07, 6.45) is 0. The van der Waals surface area contributed by atoms with Gasteiger partial charge in [-0.2, -0.15) is 11.3 Å². The van der Waals surface area contributed by atoms with Gasteiger partial charge in [0.1, 0.15) is 10.8 Å². The minimum absolute atomic E-state index is 0.920. The topological polar surface area (TPSA) is 28.6 Å². The highest BCUT2D eigenvalue weighted by Gasteiger charge is 2.18. The molecule has 0 spiro atoms. The van der Waals surface area contributed by atoms with Crippen LogP contribution in [-0.4, -0.2) is 43.2 Å². The molecule has 1 aliphatic rings. The first-order valence-corrected chi connectivity index (χ1v) is 10.2. The molecule has 0 amide bonds. The molecule has 0 unspecified atom stereocenters. The zero-order valence-electron chi connectivity index (χ0n) is 14.2. The Morgan fingerprint density at radius 1 is 1.12 bits per heavy atom. The third-order valence-electron chi connectivity index (χ3n) is 4.50. The summed E-state index contributed by atoms with van der Waals surface area (Å²) in [5, 5.41) is 7.59. The van der Waals surface area contributed by atoms with E-state index in [1.54, 1.807) is 29.8 Å². The van der Waals surface area contributed by atoms with Crippen LogP contribution in [0, 0.1) is 0 Å². The summed E-state index contributed by atoms with van der Waals surface area (Å²) in [6.45, 7) is 5.13. The number of ether oxygens (including phenoxy) is 1. The van der Waals surface area contributed by atoms with Gasteiger partial charge >= 0.3 is 0 Å². The highest BCUT2D eigenvalue weighted by Crippen LogP contribution is 2.27. The van der Waals surface area contributed by atoms with E-state index in [4.69, 9.17) is 9.72 Å². The highest BCUT2D eigenvalue weighted by atomic mass is 32.1. The number of rotatable bonds is 5. The molecule has 0 atom stereocenters. The smallest absolute Gasteiger partial charge is 0.124 e. The van der Waals surface area contributed by atoms with Crippen molar-refractivity contribution in [2.24, 2.45) is 0 Å². The summed E-state index contributed by atoms with van der Waals surface area (Å²) in [4.78, 5) is 9.72. The number of anilines is 1. The van der Waals surface area contributed by atoms with Gasteiger partial charge in [0.15, 0.2) is 0 Å². The highest BCUT2D eigenvalue weighted by molar-refractivity contribution is 7.14. The first-order chi connectivity index (χ1) is 12.3. The van der Waals surface area contributed by atoms with Gasteiger partial charge in [0.05, 0.1) is 12.8 Å². The normalized spacial score (nSPS) is 15.5. The van der Waals surface area contributed by atoms with E-state index < -0.39 is 0 Å². The summed E-state index contributed by atoms with van der Waals surface area (Å²) < 4.78 is 5.34. The van der Waals surface area contributed by atoms with Crippen molar-refractivity contribution >= 4 is 28.4 Å². The van der Waals surface area contributed by atoms with Crippen molar-refractivity contribution in [2.45, 2.75) is 6.54 Å². The van der Waals surface area contributed by atoms with Crippen molar-refractivity contribution in [3.05, 3.63) is 52.2 Å². The molecule has 0 N–H and O–H groups in total. The monoisotopic (exact) mass is 371 g/mol. The number of hydrogen-bond donors (Lipinski definition) is 0. The van der Waals surface area contributed by atoms with Crippen LogP contribution in [0.2, 0.25) is 0 Å². The molecule has 1 fully saturated rings. The van der Waals surface area contributed by atoms with Crippen LogP contribution in [0.1, 0.15) is 5.69 Å². The number of benzene rings is 1. The summed E-state index contributed by atoms with van der Waals surface area (Å²) in [5.74, 6) is 0.920. The van der Waals surface area contributed by atoms with Crippen molar-refractivity contribution in [2.75, 3.05) is 38.2 Å². The molecule has 0 aliphatic carbocycles. The largest absolute Gasteiger partial charge is 0.497 e. The summed E-state index contributed by atoms with van der Waals surface area (Å²) in [5.41, 5.74) is 3.66. The van der Waals surface area contributed by atoms with Crippen LogP contribution >= 0.6 is 22.7 Å². The van der Waals surface area contributed by atoms with Crippen LogP contribution in [0.3, 0.4) is 0 Å². The molecule has 0 radical (unpaired) electrons. The lowest BCUT2D eigenvalue weighted by Gasteiger charge is -2.35. The van der Waals surface area contributed by atoms with Crippen molar-refractivity contribution in [1.29, 1.82) is 0 Å². The summed E-state index contributed by atoms with van der Waals surface area (Å²) in [7, 11) is 1.72. The summed E-state index contributed by atoms with van der Waals surface area (Å²) in [6, 6.07) is 10.5. The fraction of sp³-hybridized carbons (Fsp3) is 0.316. The number of methoxy groups -OCH3 is 1. The van der Waals surface area contributed by atoms with E-state index in [1.807, 2.05) is 6.07 Å². The van der Waals surface area contributed by atoms with Gasteiger partial charge in [-0.1, -0.05) is 6.07 Å². The van der Waals surface area contributed by atoms with Crippen molar-refractivity contribution < 1.29 is 4.74 Å². The predicted molar refractivity (Wildman–Crippen MR) is 106 cm³/mol. The molecule has 1 aliphatic heterocycles. The lowest BCUT2D eigenvalue weighted by Crippen LogP contribution is -2.46. The number of hydrogen-bond acceptors (Lipinski definition) is 6. The van der Waals surface area contributed by atoms with Gasteiger partial charge in [0.2, 0.25) is 0 Å². The molecule has 2 aromatic heterocycles. The minimum atomic E-state index is 0.920. The number of thiazole rings is 1. The molecule has 4 rings (SSSR count). The Bertz CT molecular complexity index is 808. The maximum absolute atomic E-state index is 5.34. The Labute approximate surface area is 156 Å². The van der Waals surface area contributed by atoms with E-state index in [1.165, 1.54) is 16.9 Å². The van der Waals surface area contributed by atoms with Gasteiger partial charge < -0.3 is 9.64 Å². The first-order valence-electron chi connectivity index (χ1n) is 8.40. The Morgan fingerprint density at radius 2 is 2.00 bits per heavy atom. The Morgan fingerprint density at radius 3 is 2.76 bits per heavy atom. The molecule has 130 valence electrons. The molecule has 4 nitrogen and oxygen atoms in total. The molecule has 3 heterocycles. The molecule has 1 aromatic carbocycles. The van der Waals surface area contributed by atoms with Crippen molar-refractivity contribution in [3.63, 3.8) is 0 Å². The molecule has 1 saturated heterocycles. The van der Waals surface area contributed by atoms with E-state index in [2.05, 4.69) is 50.2 Å². The summed E-state index contributed by atoms with van der Waals surface area (Å²) >= 11 is 3.46. The van der Waals surface area contributed by atoms with E-state index >= 15 is 0 Å². The van der Waals surface area contributed by atoms with E-state index in [-0.39, 0.29) is 0 Å². The quantitative estimate of drug-likeness (QED) is 0.672. The predicted octanol–water partition coefficient (Wildman–Crippen LogP) is 4.20. The molecular formula is C19H21N3OS2. The average Bonchev–Trinajstić information content (AvgIpc) is 3.34. The number of nitrogens with zero attached hydrogens (tertiary/aromatic N) is 3. The van der Waals surface area contributed by atoms with Gasteiger partial charge in [-0.25, -0.2) is 4.98 Å². The standard InChI is InChI=1S/C19H21N3OS2/c1-23-18-4-2-3-17(11-18)22-8-6-21(7-9-22)12-16-14-25-19(20-16)15-5-10-24-13-15/h2-5,10-11,13-14H,6-9,12H2,1H3. The SMILES string of the molecule is COc1cccc(N2CCN(Cc3csc(-c4ccsc4)n3)CC2)c1. The van der Waals surface area contributed by atoms with E-state index in [0.717, 1.165) is 43.5 Å². The third kappa shape index (κ3) is 3.86. The van der Waals surface area contributed by atoms with Crippen LogP contribution in [-0.2, 0) is 6.54 Å². The van der Waals surface area contributed by atoms with Crippen LogP contribution < -0.4 is 9.64 Å². The fourth-order valence-corrected chi connectivity index (χ4v) is 4.62. The van der Waals surface area contributed by atoms with Gasteiger partial charge in [-0.15, -0.1) is 11.3 Å². The Hall–Kier alpha value is -1.89. The van der Waals surface area contributed by atoms with Gasteiger partial charge in [-0.3, -0.25) is 4.90 Å². The van der Waals surface area contributed by atoms with Crippen LogP contribution in [0.15, 0.2) is 46.5 Å². The molecule has 25 heavy (non-hydrogen) atoms. The number of aromatic nitrogens is 1. The zero-order valence-corrected chi connectivity index (χ0v) is 15.9. The number of piperazine rings is 1. The Kier molecular flexibility index (Phi) is 5.01. The molecular weight excluding hydrogens is 350 g/mol. The third-order valence-corrected chi connectivity index (χ3v) is 6.12. The van der Waals surface area contributed by atoms with Gasteiger partial charge in [-0.05, 0) is 23.6 Å². The fourth-order valence-electron chi connectivity index (χ4n) is 3.10. The second-order valence-electron chi connectivity index (χ2n) is 6.12. The van der Waals surface area contributed by atoms with Crippen molar-refractivity contribution in [1.82, 2.24) is 9.88 Å². The van der Waals surface area contributed by atoms with Crippen LogP contribution in [0.4, 0.5) is 5.69 Å². The number of thiophene rings is 1. The zero-order chi connectivity index (χ0) is 17.1. The first kappa shape index (κ1) is 16.6. The van der Waals surface area contributed by atoms with Crippen LogP contribution in [0.25, 0.3) is 10.6 Å². The van der Waals surface area contributed by atoms with E-state index in [0.29, 0.717) is 0 Å². The lowest BCUT2D eigenvalue weighted by atomic mass is 10.2. The van der Waals surface area contributed by atoms with E-state index in [9.17, 15) is 0 Å². The minimum Gasteiger partial charge on any atom is -0.497 e. The lowest BCUT2D eigenvalue weighted by molar-refractivity contribution is 0.247. The molecule has 0 saturated carbocycles. The van der Waals surface area contributed by atoms with Gasteiger partial charge in [0.25, 0.3) is 0 Å².